The van der Waals surface area contributed by atoms with Crippen LogP contribution in [0.25, 0.3) is 0 Å². The molecule has 5 nitrogen and oxygen atoms in total. The van der Waals surface area contributed by atoms with E-state index >= 15 is 0 Å². The normalized spacial score (nSPS) is 28.3. The smallest absolute Gasteiger partial charge is 0.227 e. The molecule has 2 amide bonds. The van der Waals surface area contributed by atoms with Gasteiger partial charge in [0.1, 0.15) is 5.82 Å². The molecule has 3 aliphatic rings. The minimum atomic E-state index is -0.518. The highest BCUT2D eigenvalue weighted by Crippen LogP contribution is 2.31. The lowest BCUT2D eigenvalue weighted by atomic mass is 9.83. The quantitative estimate of drug-likeness (QED) is 0.833. The van der Waals surface area contributed by atoms with E-state index in [4.69, 9.17) is 11.6 Å². The maximum atomic E-state index is 13.4. The van der Waals surface area contributed by atoms with Crippen LogP contribution in [0.2, 0.25) is 5.02 Å². The summed E-state index contributed by atoms with van der Waals surface area (Å²) in [5, 5.41) is 3.09. The van der Waals surface area contributed by atoms with E-state index in [0.29, 0.717) is 30.7 Å². The summed E-state index contributed by atoms with van der Waals surface area (Å²) in [5.41, 5.74) is 0.539. The minimum absolute atomic E-state index is 0.0208. The average Bonchev–Trinajstić information content (AvgIpc) is 3.10. The predicted molar refractivity (Wildman–Crippen MR) is 107 cm³/mol. The van der Waals surface area contributed by atoms with E-state index in [1.54, 1.807) is 0 Å². The van der Waals surface area contributed by atoms with Crippen molar-refractivity contribution in [3.63, 3.8) is 0 Å². The Balaban J connectivity index is 1.34. The molecule has 0 aromatic heterocycles. The van der Waals surface area contributed by atoms with Gasteiger partial charge in [-0.05, 0) is 62.9 Å². The standard InChI is InChI=1S/C21H27ClFN3O2/c22-17-11-16(6-7-18(17)23)26-13-15(10-20(26)27)21(28)24-12-14-4-3-9-25-8-2-1-5-19(14)25/h6-7,11,14-15,19H,1-5,8-10,12-13H2,(H,24,28). The third-order valence-electron chi connectivity index (χ3n) is 6.48. The second-order valence-electron chi connectivity index (χ2n) is 8.25. The van der Waals surface area contributed by atoms with Crippen LogP contribution in [0.1, 0.15) is 38.5 Å². The second kappa shape index (κ2) is 8.37. The van der Waals surface area contributed by atoms with Gasteiger partial charge in [-0.15, -0.1) is 0 Å². The fourth-order valence-electron chi connectivity index (χ4n) is 4.98. The second-order valence-corrected chi connectivity index (χ2v) is 8.66. The molecule has 7 heteroatoms. The van der Waals surface area contributed by atoms with Crippen LogP contribution in [-0.4, -0.2) is 48.9 Å². The number of hydrogen-bond acceptors (Lipinski definition) is 3. The fraction of sp³-hybridized carbons (Fsp3) is 0.619. The molecule has 3 atom stereocenters. The molecule has 28 heavy (non-hydrogen) atoms. The Hall–Kier alpha value is -1.66. The SMILES string of the molecule is O=C(NCC1CCCN2CCCCC12)C1CC(=O)N(c2ccc(F)c(Cl)c2)C1. The van der Waals surface area contributed by atoms with E-state index in [1.807, 2.05) is 0 Å². The molecule has 3 aliphatic heterocycles. The molecule has 0 spiro atoms. The molecular weight excluding hydrogens is 381 g/mol. The summed E-state index contributed by atoms with van der Waals surface area (Å²) < 4.78 is 13.4. The van der Waals surface area contributed by atoms with E-state index in [0.717, 1.165) is 6.42 Å². The van der Waals surface area contributed by atoms with Gasteiger partial charge in [0.15, 0.2) is 0 Å². The highest BCUT2D eigenvalue weighted by atomic mass is 35.5. The first kappa shape index (κ1) is 19.6. The lowest BCUT2D eigenvalue weighted by Gasteiger charge is -2.44. The van der Waals surface area contributed by atoms with Crippen molar-refractivity contribution in [3.05, 3.63) is 29.0 Å². The van der Waals surface area contributed by atoms with Crippen molar-refractivity contribution in [1.29, 1.82) is 0 Å². The predicted octanol–water partition coefficient (Wildman–Crippen LogP) is 3.21. The Morgan fingerprint density at radius 2 is 2.04 bits per heavy atom. The number of fused-ring (bicyclic) bond motifs is 1. The molecule has 0 bridgehead atoms. The number of hydrogen-bond donors (Lipinski definition) is 1. The molecule has 3 unspecified atom stereocenters. The molecule has 3 heterocycles. The summed E-state index contributed by atoms with van der Waals surface area (Å²) in [6.07, 6.45) is 6.31. The maximum Gasteiger partial charge on any atom is 0.227 e. The largest absolute Gasteiger partial charge is 0.355 e. The number of anilines is 1. The van der Waals surface area contributed by atoms with Crippen LogP contribution in [-0.2, 0) is 9.59 Å². The summed E-state index contributed by atoms with van der Waals surface area (Å²) in [4.78, 5) is 29.2. The fourth-order valence-corrected chi connectivity index (χ4v) is 5.15. The summed E-state index contributed by atoms with van der Waals surface area (Å²) in [7, 11) is 0. The molecule has 3 saturated heterocycles. The van der Waals surface area contributed by atoms with Gasteiger partial charge in [-0.25, -0.2) is 4.39 Å². The van der Waals surface area contributed by atoms with E-state index in [-0.39, 0.29) is 29.2 Å². The van der Waals surface area contributed by atoms with Gasteiger partial charge >= 0.3 is 0 Å². The monoisotopic (exact) mass is 407 g/mol. The first-order valence-corrected chi connectivity index (χ1v) is 10.7. The van der Waals surface area contributed by atoms with E-state index in [9.17, 15) is 14.0 Å². The van der Waals surface area contributed by atoms with E-state index < -0.39 is 5.82 Å². The van der Waals surface area contributed by atoms with E-state index in [1.165, 1.54) is 61.9 Å². The van der Waals surface area contributed by atoms with Crippen LogP contribution >= 0.6 is 11.6 Å². The number of rotatable bonds is 4. The van der Waals surface area contributed by atoms with E-state index in [2.05, 4.69) is 10.2 Å². The van der Waals surface area contributed by atoms with Crippen LogP contribution in [0.5, 0.6) is 0 Å². The zero-order valence-electron chi connectivity index (χ0n) is 16.0. The van der Waals surface area contributed by atoms with Crippen LogP contribution in [0.4, 0.5) is 10.1 Å². The molecule has 152 valence electrons. The first-order chi connectivity index (χ1) is 13.5. The van der Waals surface area contributed by atoms with Gasteiger partial charge in [-0.2, -0.15) is 0 Å². The van der Waals surface area contributed by atoms with Gasteiger partial charge in [-0.3, -0.25) is 9.59 Å². The van der Waals surface area contributed by atoms with Gasteiger partial charge < -0.3 is 15.1 Å². The number of carbonyl (C=O) groups excluding carboxylic acids is 2. The van der Waals surface area contributed by atoms with Gasteiger partial charge in [0.25, 0.3) is 0 Å². The molecule has 3 fully saturated rings. The third-order valence-corrected chi connectivity index (χ3v) is 6.77. The highest BCUT2D eigenvalue weighted by Gasteiger charge is 2.37. The highest BCUT2D eigenvalue weighted by molar-refractivity contribution is 6.31. The van der Waals surface area contributed by atoms with Crippen molar-refractivity contribution in [2.24, 2.45) is 11.8 Å². The Kier molecular flexibility index (Phi) is 5.88. The zero-order valence-corrected chi connectivity index (χ0v) is 16.8. The Morgan fingerprint density at radius 1 is 1.21 bits per heavy atom. The van der Waals surface area contributed by atoms with Crippen molar-refractivity contribution in [2.75, 3.05) is 31.1 Å². The molecule has 1 aromatic carbocycles. The number of nitrogens with one attached hydrogen (secondary N) is 1. The Morgan fingerprint density at radius 3 is 2.86 bits per heavy atom. The number of amides is 2. The van der Waals surface area contributed by atoms with Crippen molar-refractivity contribution in [2.45, 2.75) is 44.6 Å². The van der Waals surface area contributed by atoms with Gasteiger partial charge in [0.2, 0.25) is 11.8 Å². The summed E-state index contributed by atoms with van der Waals surface area (Å²) in [6, 6.07) is 4.80. The van der Waals surface area contributed by atoms with Crippen LogP contribution in [0.15, 0.2) is 18.2 Å². The first-order valence-electron chi connectivity index (χ1n) is 10.3. The number of piperidine rings is 2. The number of benzene rings is 1. The van der Waals surface area contributed by atoms with Crippen molar-refractivity contribution in [1.82, 2.24) is 10.2 Å². The van der Waals surface area contributed by atoms with Gasteiger partial charge in [0, 0.05) is 31.2 Å². The lowest BCUT2D eigenvalue weighted by molar-refractivity contribution is -0.126. The van der Waals surface area contributed by atoms with Crippen LogP contribution < -0.4 is 10.2 Å². The summed E-state index contributed by atoms with van der Waals surface area (Å²) in [6.45, 7) is 3.36. The number of halogens is 2. The molecule has 1 N–H and O–H groups in total. The summed E-state index contributed by atoms with van der Waals surface area (Å²) >= 11 is 5.83. The average molecular weight is 408 g/mol. The maximum absolute atomic E-state index is 13.4. The van der Waals surface area contributed by atoms with Crippen LogP contribution in [0.3, 0.4) is 0 Å². The number of nitrogens with zero attached hydrogens (tertiary/aromatic N) is 2. The molecular formula is C21H27ClFN3O2. The number of carbonyl (C=O) groups is 2. The van der Waals surface area contributed by atoms with Crippen LogP contribution in [0, 0.1) is 17.7 Å². The molecule has 1 aromatic rings. The molecule has 0 aliphatic carbocycles. The van der Waals surface area contributed by atoms with Crippen molar-refractivity contribution in [3.8, 4) is 0 Å². The Bertz CT molecular complexity index is 757. The molecule has 0 radical (unpaired) electrons. The minimum Gasteiger partial charge on any atom is -0.355 e. The zero-order chi connectivity index (χ0) is 19.7. The third kappa shape index (κ3) is 4.03. The van der Waals surface area contributed by atoms with Gasteiger partial charge in [0.05, 0.1) is 10.9 Å². The Labute approximate surface area is 170 Å². The van der Waals surface area contributed by atoms with Crippen molar-refractivity contribution < 1.29 is 14.0 Å². The topological polar surface area (TPSA) is 52.7 Å². The molecule has 4 rings (SSSR count). The molecule has 0 saturated carbocycles. The lowest BCUT2D eigenvalue weighted by Crippen LogP contribution is -2.51. The van der Waals surface area contributed by atoms with Crippen molar-refractivity contribution >= 4 is 29.1 Å². The van der Waals surface area contributed by atoms with Gasteiger partial charge in [-0.1, -0.05) is 18.0 Å². The summed E-state index contributed by atoms with van der Waals surface area (Å²) in [5.74, 6) is -0.573.